The highest BCUT2D eigenvalue weighted by atomic mass is 16.5. The van der Waals surface area contributed by atoms with E-state index in [9.17, 15) is 4.79 Å². The quantitative estimate of drug-likeness (QED) is 0.916. The Bertz CT molecular complexity index is 717. The molecule has 22 heavy (non-hydrogen) atoms. The van der Waals surface area contributed by atoms with Gasteiger partial charge in [-0.15, -0.1) is 0 Å². The number of aromatic nitrogens is 2. The van der Waals surface area contributed by atoms with Crippen LogP contribution in [-0.2, 0) is 11.3 Å². The summed E-state index contributed by atoms with van der Waals surface area (Å²) >= 11 is 0. The van der Waals surface area contributed by atoms with Crippen molar-refractivity contribution in [2.75, 3.05) is 19.8 Å². The number of H-pyrrole nitrogens is 1. The van der Waals surface area contributed by atoms with Crippen LogP contribution < -0.4 is 5.56 Å². The molecule has 2 aliphatic rings. The SMILES string of the molecule is O=c1[nH]c(CN(C[C@H]2CCOC2)C2CC2)nc2ccccc12. The summed E-state index contributed by atoms with van der Waals surface area (Å²) < 4.78 is 5.48. The van der Waals surface area contributed by atoms with E-state index in [4.69, 9.17) is 4.74 Å². The molecule has 2 heterocycles. The lowest BCUT2D eigenvalue weighted by atomic mass is 10.1. The largest absolute Gasteiger partial charge is 0.381 e. The van der Waals surface area contributed by atoms with Crippen molar-refractivity contribution >= 4 is 10.9 Å². The van der Waals surface area contributed by atoms with Crippen molar-refractivity contribution in [3.8, 4) is 0 Å². The smallest absolute Gasteiger partial charge is 0.258 e. The number of rotatable bonds is 5. The Balaban J connectivity index is 1.56. The molecule has 1 aromatic carbocycles. The first-order valence-corrected chi connectivity index (χ1v) is 8.09. The first kappa shape index (κ1) is 13.9. The van der Waals surface area contributed by atoms with Gasteiger partial charge >= 0.3 is 0 Å². The molecule has 1 aromatic heterocycles. The van der Waals surface area contributed by atoms with E-state index < -0.39 is 0 Å². The molecule has 4 rings (SSSR count). The van der Waals surface area contributed by atoms with E-state index >= 15 is 0 Å². The highest BCUT2D eigenvalue weighted by Crippen LogP contribution is 2.29. The van der Waals surface area contributed by atoms with Crippen LogP contribution in [0.1, 0.15) is 25.1 Å². The normalized spacial score (nSPS) is 21.8. The second kappa shape index (κ2) is 5.82. The number of hydrogen-bond acceptors (Lipinski definition) is 4. The molecule has 1 aliphatic carbocycles. The summed E-state index contributed by atoms with van der Waals surface area (Å²) in [7, 11) is 0. The molecule has 0 bridgehead atoms. The van der Waals surface area contributed by atoms with Crippen LogP contribution in [0.4, 0.5) is 0 Å². The van der Waals surface area contributed by atoms with Gasteiger partial charge in [-0.25, -0.2) is 4.98 Å². The van der Waals surface area contributed by atoms with Gasteiger partial charge in [0, 0.05) is 19.2 Å². The standard InChI is InChI=1S/C17H21N3O2/c21-17-14-3-1-2-4-15(14)18-16(19-17)10-20(13-5-6-13)9-12-7-8-22-11-12/h1-4,12-13H,5-11H2,(H,18,19,21)/t12-/m1/s1. The monoisotopic (exact) mass is 299 g/mol. The summed E-state index contributed by atoms with van der Waals surface area (Å²) in [4.78, 5) is 22.2. The summed E-state index contributed by atoms with van der Waals surface area (Å²) in [6, 6.07) is 8.17. The fraction of sp³-hybridized carbons (Fsp3) is 0.529. The predicted molar refractivity (Wildman–Crippen MR) is 84.7 cm³/mol. The second-order valence-electron chi connectivity index (χ2n) is 6.42. The third kappa shape index (κ3) is 2.91. The van der Waals surface area contributed by atoms with Crippen molar-refractivity contribution in [2.45, 2.75) is 31.8 Å². The molecule has 1 saturated carbocycles. The highest BCUT2D eigenvalue weighted by Gasteiger charge is 2.32. The van der Waals surface area contributed by atoms with Gasteiger partial charge in [-0.05, 0) is 37.3 Å². The fourth-order valence-corrected chi connectivity index (χ4v) is 3.24. The Morgan fingerprint density at radius 1 is 1.27 bits per heavy atom. The Hall–Kier alpha value is -1.72. The van der Waals surface area contributed by atoms with Gasteiger partial charge in [0.05, 0.1) is 24.1 Å². The third-order valence-corrected chi connectivity index (χ3v) is 4.59. The molecule has 1 N–H and O–H groups in total. The van der Waals surface area contributed by atoms with Gasteiger partial charge in [0.15, 0.2) is 0 Å². The van der Waals surface area contributed by atoms with Gasteiger partial charge in [0.2, 0.25) is 0 Å². The van der Waals surface area contributed by atoms with Crippen molar-refractivity contribution in [3.05, 3.63) is 40.4 Å². The summed E-state index contributed by atoms with van der Waals surface area (Å²) in [5.74, 6) is 1.39. The van der Waals surface area contributed by atoms with Gasteiger partial charge in [0.25, 0.3) is 5.56 Å². The first-order chi connectivity index (χ1) is 10.8. The molecule has 1 saturated heterocycles. The minimum absolute atomic E-state index is 0.0412. The van der Waals surface area contributed by atoms with Gasteiger partial charge in [0.1, 0.15) is 5.82 Å². The number of benzene rings is 1. The predicted octanol–water partition coefficient (Wildman–Crippen LogP) is 1.92. The van der Waals surface area contributed by atoms with E-state index in [1.165, 1.54) is 12.8 Å². The van der Waals surface area contributed by atoms with Crippen LogP contribution in [0.3, 0.4) is 0 Å². The van der Waals surface area contributed by atoms with Gasteiger partial charge in [-0.3, -0.25) is 9.69 Å². The second-order valence-corrected chi connectivity index (χ2v) is 6.42. The van der Waals surface area contributed by atoms with Crippen molar-refractivity contribution in [3.63, 3.8) is 0 Å². The molecule has 1 aliphatic heterocycles. The minimum atomic E-state index is -0.0412. The van der Waals surface area contributed by atoms with Crippen molar-refractivity contribution in [2.24, 2.45) is 5.92 Å². The summed E-state index contributed by atoms with van der Waals surface area (Å²) in [6.45, 7) is 3.52. The van der Waals surface area contributed by atoms with Crippen molar-refractivity contribution in [1.29, 1.82) is 0 Å². The Labute approximate surface area is 129 Å². The van der Waals surface area contributed by atoms with Crippen LogP contribution in [0.2, 0.25) is 0 Å². The molecule has 5 heteroatoms. The Kier molecular flexibility index (Phi) is 3.68. The molecular formula is C17H21N3O2. The molecule has 0 amide bonds. The van der Waals surface area contributed by atoms with Gasteiger partial charge in [-0.2, -0.15) is 0 Å². The summed E-state index contributed by atoms with van der Waals surface area (Å²) in [5.41, 5.74) is 0.738. The van der Waals surface area contributed by atoms with Gasteiger partial charge < -0.3 is 9.72 Å². The van der Waals surface area contributed by atoms with E-state index in [-0.39, 0.29) is 5.56 Å². The topological polar surface area (TPSA) is 58.2 Å². The van der Waals surface area contributed by atoms with Crippen LogP contribution in [-0.4, -0.2) is 40.7 Å². The van der Waals surface area contributed by atoms with E-state index in [1.54, 1.807) is 0 Å². The maximum atomic E-state index is 12.2. The van der Waals surface area contributed by atoms with E-state index in [1.807, 2.05) is 24.3 Å². The molecule has 116 valence electrons. The average molecular weight is 299 g/mol. The van der Waals surface area contributed by atoms with Crippen LogP contribution in [0.15, 0.2) is 29.1 Å². The van der Waals surface area contributed by atoms with Gasteiger partial charge in [-0.1, -0.05) is 12.1 Å². The molecule has 5 nitrogen and oxygen atoms in total. The third-order valence-electron chi connectivity index (χ3n) is 4.59. The van der Waals surface area contributed by atoms with Crippen LogP contribution in [0.25, 0.3) is 10.9 Å². The lowest BCUT2D eigenvalue weighted by Crippen LogP contribution is -2.32. The molecule has 0 unspecified atom stereocenters. The Morgan fingerprint density at radius 3 is 2.91 bits per heavy atom. The van der Waals surface area contributed by atoms with Crippen LogP contribution >= 0.6 is 0 Å². The van der Waals surface area contributed by atoms with E-state index in [0.29, 0.717) is 17.3 Å². The Morgan fingerprint density at radius 2 is 2.14 bits per heavy atom. The number of fused-ring (bicyclic) bond motifs is 1. The molecular weight excluding hydrogens is 278 g/mol. The summed E-state index contributed by atoms with van der Waals surface area (Å²) in [5, 5.41) is 0.661. The van der Waals surface area contributed by atoms with E-state index in [0.717, 1.165) is 44.1 Å². The van der Waals surface area contributed by atoms with Crippen molar-refractivity contribution in [1.82, 2.24) is 14.9 Å². The average Bonchev–Trinajstić information content (AvgIpc) is 3.25. The molecule has 1 atom stereocenters. The molecule has 2 fully saturated rings. The lowest BCUT2D eigenvalue weighted by Gasteiger charge is -2.24. The van der Waals surface area contributed by atoms with E-state index in [2.05, 4.69) is 14.9 Å². The number of hydrogen-bond donors (Lipinski definition) is 1. The minimum Gasteiger partial charge on any atom is -0.381 e. The zero-order valence-corrected chi connectivity index (χ0v) is 12.6. The summed E-state index contributed by atoms with van der Waals surface area (Å²) in [6.07, 6.45) is 3.65. The first-order valence-electron chi connectivity index (χ1n) is 8.09. The molecule has 2 aromatic rings. The molecule has 0 spiro atoms. The van der Waals surface area contributed by atoms with Crippen LogP contribution in [0, 0.1) is 5.92 Å². The maximum Gasteiger partial charge on any atom is 0.258 e. The lowest BCUT2D eigenvalue weighted by molar-refractivity contribution is 0.160. The fourth-order valence-electron chi connectivity index (χ4n) is 3.24. The number of nitrogens with zero attached hydrogens (tertiary/aromatic N) is 2. The number of ether oxygens (including phenoxy) is 1. The van der Waals surface area contributed by atoms with Crippen LogP contribution in [0.5, 0.6) is 0 Å². The maximum absolute atomic E-state index is 12.2. The number of aromatic amines is 1. The molecule has 0 radical (unpaired) electrons. The highest BCUT2D eigenvalue weighted by molar-refractivity contribution is 5.77. The number of para-hydroxylation sites is 1. The number of nitrogens with one attached hydrogen (secondary N) is 1. The zero-order valence-electron chi connectivity index (χ0n) is 12.6. The zero-order chi connectivity index (χ0) is 14.9. The van der Waals surface area contributed by atoms with Crippen molar-refractivity contribution < 1.29 is 4.74 Å².